The highest BCUT2D eigenvalue weighted by molar-refractivity contribution is 7.42. The molecule has 4 unspecified atom stereocenters. The maximum atomic E-state index is 12.9. The summed E-state index contributed by atoms with van der Waals surface area (Å²) in [6, 6.07) is 15.3. The Hall–Kier alpha value is -1.70. The molecule has 0 N–H and O–H groups in total. The third-order valence-electron chi connectivity index (χ3n) is 7.78. The van der Waals surface area contributed by atoms with Crippen molar-refractivity contribution in [2.45, 2.75) is 64.5 Å². The first-order valence-corrected chi connectivity index (χ1v) is 14.7. The van der Waals surface area contributed by atoms with Gasteiger partial charge in [-0.05, 0) is 37.1 Å². The Morgan fingerprint density at radius 1 is 0.757 bits per heavy atom. The molecule has 5 nitrogen and oxygen atoms in total. The molecule has 2 saturated heterocycles. The van der Waals surface area contributed by atoms with Crippen molar-refractivity contribution in [3.63, 3.8) is 0 Å². The first-order valence-electron chi connectivity index (χ1n) is 13.2. The van der Waals surface area contributed by atoms with Crippen LogP contribution in [0.5, 0.6) is 0 Å². The van der Waals surface area contributed by atoms with Crippen molar-refractivity contribution in [1.29, 1.82) is 0 Å². The van der Waals surface area contributed by atoms with Gasteiger partial charge < -0.3 is 23.3 Å². The maximum Gasteiger partial charge on any atom is 0.123 e. The number of hydrogen-bond acceptors (Lipinski definition) is 3. The number of quaternary nitrogens is 2. The van der Waals surface area contributed by atoms with Gasteiger partial charge in [0.15, 0.2) is 0 Å². The number of hydrogen-bond donors (Lipinski definition) is 0. The summed E-state index contributed by atoms with van der Waals surface area (Å²) < 4.78 is 46.6. The van der Waals surface area contributed by atoms with Crippen molar-refractivity contribution in [2.24, 2.45) is 0 Å². The first-order chi connectivity index (χ1) is 17.3. The minimum absolute atomic E-state index is 0.133. The van der Waals surface area contributed by atoms with Gasteiger partial charge >= 0.3 is 0 Å². The summed E-state index contributed by atoms with van der Waals surface area (Å²) in [4.78, 5) is 16.9. The summed E-state index contributed by atoms with van der Waals surface area (Å²) in [5.41, 5.74) is 2.60. The molecule has 4 atom stereocenters. The van der Waals surface area contributed by atoms with Crippen LogP contribution in [0.25, 0.3) is 0 Å². The highest BCUT2D eigenvalue weighted by Crippen LogP contribution is 2.38. The zero-order chi connectivity index (χ0) is 27.7. The van der Waals surface area contributed by atoms with E-state index in [1.807, 2.05) is 24.3 Å². The normalized spacial score (nSPS) is 27.2. The molecule has 9 heteroatoms. The topological polar surface area (TPSA) is 63.2 Å². The standard InChI is InChI=1S/2C14H21FN.FH2O3P/c2*1-3-10-16(2)11-4-5-14(16)12-6-8-13(15)9-7-12;1-5(2,3)4/h2*6-9,14H,3-5,10-11H2,1-2H3;(H2,2,3,4)/q2*+1;/p-2. The molecule has 2 aliphatic rings. The van der Waals surface area contributed by atoms with Crippen LogP contribution in [0.1, 0.15) is 75.6 Å². The average Bonchev–Trinajstić information content (AvgIpc) is 3.37. The average molecular weight is 543 g/mol. The smallest absolute Gasteiger partial charge is 0.123 e. The Balaban J connectivity index is 0.000000221. The fraction of sp³-hybridized carbons (Fsp3) is 0.571. The molecule has 0 radical (unpaired) electrons. The van der Waals surface area contributed by atoms with Crippen LogP contribution >= 0.6 is 7.91 Å². The zero-order valence-corrected chi connectivity index (χ0v) is 23.4. The van der Waals surface area contributed by atoms with Crippen LogP contribution in [0.15, 0.2) is 48.5 Å². The Kier molecular flexibility index (Phi) is 11.8. The van der Waals surface area contributed by atoms with Gasteiger partial charge in [-0.1, -0.05) is 38.1 Å². The summed E-state index contributed by atoms with van der Waals surface area (Å²) in [6.07, 6.45) is 7.49. The minimum atomic E-state index is -5.64. The van der Waals surface area contributed by atoms with E-state index in [4.69, 9.17) is 14.4 Å². The van der Waals surface area contributed by atoms with Gasteiger partial charge in [-0.25, -0.2) is 13.0 Å². The van der Waals surface area contributed by atoms with Crippen molar-refractivity contribution in [3.8, 4) is 0 Å². The van der Waals surface area contributed by atoms with E-state index in [1.54, 1.807) is 24.3 Å². The van der Waals surface area contributed by atoms with Crippen LogP contribution in [-0.4, -0.2) is 49.2 Å². The Bertz CT molecular complexity index is 923. The van der Waals surface area contributed by atoms with Crippen LogP contribution in [-0.2, 0) is 4.57 Å². The summed E-state index contributed by atoms with van der Waals surface area (Å²) in [5, 5.41) is 0. The largest absolute Gasteiger partial charge is 0.786 e. The molecule has 4 rings (SSSR count). The Morgan fingerprint density at radius 3 is 1.32 bits per heavy atom. The van der Waals surface area contributed by atoms with Gasteiger partial charge in [0.05, 0.1) is 40.3 Å². The second-order valence-electron chi connectivity index (χ2n) is 10.7. The predicted octanol–water partition coefficient (Wildman–Crippen LogP) is 5.82. The third-order valence-corrected chi connectivity index (χ3v) is 7.78. The van der Waals surface area contributed by atoms with Crippen LogP contribution in [0.4, 0.5) is 13.0 Å². The van der Waals surface area contributed by atoms with Crippen molar-refractivity contribution in [1.82, 2.24) is 0 Å². The zero-order valence-electron chi connectivity index (χ0n) is 22.5. The highest BCUT2D eigenvalue weighted by atomic mass is 31.2. The van der Waals surface area contributed by atoms with Gasteiger partial charge in [-0.15, -0.1) is 0 Å². The maximum absolute atomic E-state index is 12.9. The van der Waals surface area contributed by atoms with Crippen LogP contribution in [0.3, 0.4) is 0 Å². The van der Waals surface area contributed by atoms with Gasteiger partial charge in [0, 0.05) is 36.8 Å². The molecule has 208 valence electrons. The van der Waals surface area contributed by atoms with E-state index in [9.17, 15) is 13.0 Å². The Labute approximate surface area is 220 Å². The van der Waals surface area contributed by atoms with Gasteiger partial charge in [-0.2, -0.15) is 0 Å². The molecular weight excluding hydrogens is 500 g/mol. The molecule has 0 spiro atoms. The number of rotatable bonds is 6. The lowest BCUT2D eigenvalue weighted by atomic mass is 10.0. The molecule has 0 saturated carbocycles. The molecule has 2 fully saturated rings. The number of likely N-dealkylation sites (tertiary alicyclic amines) is 2. The van der Waals surface area contributed by atoms with Gasteiger partial charge in [0.25, 0.3) is 0 Å². The lowest BCUT2D eigenvalue weighted by molar-refractivity contribution is -0.926. The van der Waals surface area contributed by atoms with E-state index in [0.29, 0.717) is 12.1 Å². The lowest BCUT2D eigenvalue weighted by Crippen LogP contribution is -2.43. The van der Waals surface area contributed by atoms with Crippen molar-refractivity contribution in [3.05, 3.63) is 71.3 Å². The monoisotopic (exact) mass is 542 g/mol. The van der Waals surface area contributed by atoms with E-state index in [0.717, 1.165) is 8.97 Å². The highest BCUT2D eigenvalue weighted by Gasteiger charge is 2.39. The second kappa shape index (κ2) is 13.9. The van der Waals surface area contributed by atoms with Crippen LogP contribution < -0.4 is 9.79 Å². The molecular formula is C28H42F3N2O3P. The molecule has 0 aliphatic carbocycles. The first kappa shape index (κ1) is 31.5. The molecule has 2 aromatic rings. The third kappa shape index (κ3) is 9.84. The van der Waals surface area contributed by atoms with Crippen LogP contribution in [0, 0.1) is 11.6 Å². The van der Waals surface area contributed by atoms with E-state index in [2.05, 4.69) is 27.9 Å². The van der Waals surface area contributed by atoms with Crippen LogP contribution in [0.2, 0.25) is 0 Å². The number of benzene rings is 2. The van der Waals surface area contributed by atoms with Crippen molar-refractivity contribution in [2.75, 3.05) is 40.3 Å². The van der Waals surface area contributed by atoms with Crippen molar-refractivity contribution >= 4 is 7.91 Å². The van der Waals surface area contributed by atoms with E-state index >= 15 is 0 Å². The molecule has 0 bridgehead atoms. The van der Waals surface area contributed by atoms with E-state index in [-0.39, 0.29) is 11.6 Å². The molecule has 0 aromatic heterocycles. The van der Waals surface area contributed by atoms with Gasteiger partial charge in [0.1, 0.15) is 31.6 Å². The SMILES string of the molecule is CCC[N+]1(C)CCCC1c1ccc(F)cc1.CCC[N+]1(C)CCCC1c1ccc(F)cc1.O=P([O-])([O-])F. The molecule has 37 heavy (non-hydrogen) atoms. The summed E-state index contributed by atoms with van der Waals surface area (Å²) >= 11 is 0. The van der Waals surface area contributed by atoms with Gasteiger partial charge in [0.2, 0.25) is 0 Å². The minimum Gasteiger partial charge on any atom is -0.786 e. The van der Waals surface area contributed by atoms with Crippen molar-refractivity contribution < 1.29 is 36.3 Å². The van der Waals surface area contributed by atoms with E-state index < -0.39 is 7.91 Å². The second-order valence-corrected chi connectivity index (χ2v) is 11.6. The fourth-order valence-corrected chi connectivity index (χ4v) is 6.21. The predicted molar refractivity (Wildman–Crippen MR) is 138 cm³/mol. The Morgan fingerprint density at radius 2 is 1.05 bits per heavy atom. The molecule has 2 aromatic carbocycles. The van der Waals surface area contributed by atoms with E-state index in [1.165, 1.54) is 75.8 Å². The summed E-state index contributed by atoms with van der Waals surface area (Å²) in [6.45, 7) is 9.45. The summed E-state index contributed by atoms with van der Waals surface area (Å²) in [5.74, 6) is -0.266. The lowest BCUT2D eigenvalue weighted by Gasteiger charge is -2.36. The number of halogens is 3. The molecule has 2 heterocycles. The molecule has 2 aliphatic heterocycles. The number of nitrogens with zero attached hydrogens (tertiary/aromatic N) is 2. The fourth-order valence-electron chi connectivity index (χ4n) is 6.21. The van der Waals surface area contributed by atoms with Gasteiger partial charge in [-0.3, -0.25) is 0 Å². The quantitative estimate of drug-likeness (QED) is 0.341. The molecule has 0 amide bonds. The summed E-state index contributed by atoms with van der Waals surface area (Å²) in [7, 11) is -0.963.